The van der Waals surface area contributed by atoms with E-state index in [2.05, 4.69) is 16.5 Å². The van der Waals surface area contributed by atoms with Crippen LogP contribution in [0.3, 0.4) is 0 Å². The Morgan fingerprint density at radius 2 is 1.81 bits per heavy atom. The fourth-order valence-electron chi connectivity index (χ4n) is 2.89. The monoisotopic (exact) mass is 365 g/mol. The van der Waals surface area contributed by atoms with Crippen molar-refractivity contribution < 1.29 is 14.3 Å². The van der Waals surface area contributed by atoms with Crippen molar-refractivity contribution in [2.45, 2.75) is 19.5 Å². The molecule has 0 aliphatic rings. The minimum Gasteiger partial charge on any atom is -0.493 e. The molecular weight excluding hydrogens is 342 g/mol. The summed E-state index contributed by atoms with van der Waals surface area (Å²) in [4.78, 5) is 12.4. The molecule has 2 aromatic carbocycles. The number of carbonyl (C=O) groups is 1. The molecular formula is C21H23N3O3. The second-order valence-corrected chi connectivity index (χ2v) is 6.12. The van der Waals surface area contributed by atoms with Gasteiger partial charge < -0.3 is 14.8 Å². The van der Waals surface area contributed by atoms with E-state index >= 15 is 0 Å². The smallest absolute Gasteiger partial charge is 0.224 e. The van der Waals surface area contributed by atoms with Gasteiger partial charge in [-0.05, 0) is 34.9 Å². The number of methoxy groups -OCH3 is 2. The first-order valence-corrected chi connectivity index (χ1v) is 8.71. The Hall–Kier alpha value is -3.28. The Labute approximate surface area is 158 Å². The van der Waals surface area contributed by atoms with Crippen LogP contribution in [0.1, 0.15) is 16.7 Å². The van der Waals surface area contributed by atoms with Gasteiger partial charge in [0.1, 0.15) is 0 Å². The predicted octanol–water partition coefficient (Wildman–Crippen LogP) is 2.81. The van der Waals surface area contributed by atoms with Gasteiger partial charge in [-0.25, -0.2) is 0 Å². The summed E-state index contributed by atoms with van der Waals surface area (Å²) in [5, 5.41) is 7.23. The highest BCUT2D eigenvalue weighted by Crippen LogP contribution is 2.27. The maximum atomic E-state index is 12.4. The van der Waals surface area contributed by atoms with Crippen molar-refractivity contribution in [2.24, 2.45) is 0 Å². The molecule has 6 heteroatoms. The van der Waals surface area contributed by atoms with E-state index in [-0.39, 0.29) is 12.3 Å². The van der Waals surface area contributed by atoms with Crippen LogP contribution in [0, 0.1) is 0 Å². The molecule has 1 N–H and O–H groups in total. The van der Waals surface area contributed by atoms with E-state index in [0.29, 0.717) is 24.6 Å². The van der Waals surface area contributed by atoms with Crippen molar-refractivity contribution in [2.75, 3.05) is 14.2 Å². The Morgan fingerprint density at radius 3 is 2.52 bits per heavy atom. The van der Waals surface area contributed by atoms with Gasteiger partial charge in [0.25, 0.3) is 0 Å². The van der Waals surface area contributed by atoms with Gasteiger partial charge in [0.15, 0.2) is 11.5 Å². The molecule has 3 rings (SSSR count). The standard InChI is InChI=1S/C21H23N3O3/c1-26-19-9-8-16(12-20(19)27-2)13-21(25)22-14-17-6-3-4-7-18(17)15-24-11-5-10-23-24/h3-12H,13-15H2,1-2H3,(H,22,25). The SMILES string of the molecule is COc1ccc(CC(=O)NCc2ccccc2Cn2cccn2)cc1OC. The first-order valence-electron chi connectivity index (χ1n) is 8.71. The molecule has 0 atom stereocenters. The number of hydrogen-bond donors (Lipinski definition) is 1. The third-order valence-electron chi connectivity index (χ3n) is 4.30. The molecule has 27 heavy (non-hydrogen) atoms. The van der Waals surface area contributed by atoms with Gasteiger partial charge in [-0.1, -0.05) is 30.3 Å². The maximum absolute atomic E-state index is 12.4. The summed E-state index contributed by atoms with van der Waals surface area (Å²) in [6.07, 6.45) is 3.96. The lowest BCUT2D eigenvalue weighted by atomic mass is 10.1. The normalized spacial score (nSPS) is 10.4. The zero-order valence-corrected chi connectivity index (χ0v) is 15.5. The van der Waals surface area contributed by atoms with E-state index in [1.807, 2.05) is 47.3 Å². The number of nitrogens with one attached hydrogen (secondary N) is 1. The summed E-state index contributed by atoms with van der Waals surface area (Å²) < 4.78 is 12.4. The molecule has 0 fully saturated rings. The molecule has 0 saturated heterocycles. The van der Waals surface area contributed by atoms with Gasteiger partial charge in [0, 0.05) is 18.9 Å². The van der Waals surface area contributed by atoms with Gasteiger partial charge in [-0.15, -0.1) is 0 Å². The van der Waals surface area contributed by atoms with Crippen LogP contribution in [0.25, 0.3) is 0 Å². The van der Waals surface area contributed by atoms with Crippen molar-refractivity contribution in [1.29, 1.82) is 0 Å². The zero-order valence-electron chi connectivity index (χ0n) is 15.5. The Kier molecular flexibility index (Phi) is 6.10. The lowest BCUT2D eigenvalue weighted by Gasteiger charge is -2.12. The van der Waals surface area contributed by atoms with Crippen LogP contribution in [0.15, 0.2) is 60.9 Å². The Morgan fingerprint density at radius 1 is 1.04 bits per heavy atom. The van der Waals surface area contributed by atoms with Crippen LogP contribution in [0.5, 0.6) is 11.5 Å². The van der Waals surface area contributed by atoms with Crippen molar-refractivity contribution in [3.05, 3.63) is 77.6 Å². The van der Waals surface area contributed by atoms with E-state index in [1.54, 1.807) is 26.5 Å². The van der Waals surface area contributed by atoms with Gasteiger partial charge in [-0.3, -0.25) is 9.48 Å². The minimum atomic E-state index is -0.0453. The molecule has 0 aliphatic carbocycles. The molecule has 0 spiro atoms. The van der Waals surface area contributed by atoms with Crippen LogP contribution in [0.2, 0.25) is 0 Å². The number of carbonyl (C=O) groups excluding carboxylic acids is 1. The molecule has 0 aliphatic heterocycles. The van der Waals surface area contributed by atoms with E-state index in [9.17, 15) is 4.79 Å². The average molecular weight is 365 g/mol. The molecule has 0 bridgehead atoms. The number of nitrogens with zero attached hydrogens (tertiary/aromatic N) is 2. The fraction of sp³-hybridized carbons (Fsp3) is 0.238. The number of benzene rings is 2. The highest BCUT2D eigenvalue weighted by atomic mass is 16.5. The molecule has 1 aromatic heterocycles. The average Bonchev–Trinajstić information content (AvgIpc) is 3.20. The molecule has 0 saturated carbocycles. The summed E-state index contributed by atoms with van der Waals surface area (Å²) in [5.41, 5.74) is 3.08. The molecule has 0 unspecified atom stereocenters. The van der Waals surface area contributed by atoms with Gasteiger partial charge in [0.05, 0.1) is 27.2 Å². The number of amides is 1. The lowest BCUT2D eigenvalue weighted by Crippen LogP contribution is -2.25. The predicted molar refractivity (Wildman–Crippen MR) is 103 cm³/mol. The molecule has 3 aromatic rings. The third kappa shape index (κ3) is 4.88. The van der Waals surface area contributed by atoms with E-state index < -0.39 is 0 Å². The Balaban J connectivity index is 1.61. The highest BCUT2D eigenvalue weighted by Gasteiger charge is 2.09. The fourth-order valence-corrected chi connectivity index (χ4v) is 2.89. The first kappa shape index (κ1) is 18.5. The number of aromatic nitrogens is 2. The molecule has 6 nitrogen and oxygen atoms in total. The van der Waals surface area contributed by atoms with Crippen LogP contribution < -0.4 is 14.8 Å². The molecule has 140 valence electrons. The summed E-state index contributed by atoms with van der Waals surface area (Å²) in [6.45, 7) is 1.15. The van der Waals surface area contributed by atoms with Crippen molar-refractivity contribution in [1.82, 2.24) is 15.1 Å². The van der Waals surface area contributed by atoms with E-state index in [4.69, 9.17) is 9.47 Å². The van der Waals surface area contributed by atoms with Crippen LogP contribution in [-0.2, 0) is 24.3 Å². The number of rotatable bonds is 8. The second kappa shape index (κ2) is 8.89. The maximum Gasteiger partial charge on any atom is 0.224 e. The molecule has 1 amide bonds. The number of hydrogen-bond acceptors (Lipinski definition) is 4. The van der Waals surface area contributed by atoms with E-state index in [1.165, 1.54) is 0 Å². The summed E-state index contributed by atoms with van der Waals surface area (Å²) >= 11 is 0. The number of ether oxygens (including phenoxy) is 2. The zero-order chi connectivity index (χ0) is 19.1. The van der Waals surface area contributed by atoms with E-state index in [0.717, 1.165) is 16.7 Å². The van der Waals surface area contributed by atoms with Crippen LogP contribution in [0.4, 0.5) is 0 Å². The van der Waals surface area contributed by atoms with Crippen molar-refractivity contribution in [3.8, 4) is 11.5 Å². The van der Waals surface area contributed by atoms with Gasteiger partial charge in [0.2, 0.25) is 5.91 Å². The minimum absolute atomic E-state index is 0.0453. The van der Waals surface area contributed by atoms with Crippen molar-refractivity contribution in [3.63, 3.8) is 0 Å². The third-order valence-corrected chi connectivity index (χ3v) is 4.30. The van der Waals surface area contributed by atoms with Crippen LogP contribution >= 0.6 is 0 Å². The van der Waals surface area contributed by atoms with Gasteiger partial charge in [-0.2, -0.15) is 5.10 Å². The highest BCUT2D eigenvalue weighted by molar-refractivity contribution is 5.78. The summed E-state index contributed by atoms with van der Waals surface area (Å²) in [6, 6.07) is 15.4. The van der Waals surface area contributed by atoms with Crippen LogP contribution in [-0.4, -0.2) is 29.9 Å². The molecule has 1 heterocycles. The summed E-state index contributed by atoms with van der Waals surface area (Å²) in [7, 11) is 3.17. The largest absolute Gasteiger partial charge is 0.493 e. The first-order chi connectivity index (χ1) is 13.2. The van der Waals surface area contributed by atoms with Crippen molar-refractivity contribution >= 4 is 5.91 Å². The second-order valence-electron chi connectivity index (χ2n) is 6.12. The Bertz CT molecular complexity index is 891. The summed E-state index contributed by atoms with van der Waals surface area (Å²) in [5.74, 6) is 1.22. The van der Waals surface area contributed by atoms with Gasteiger partial charge >= 0.3 is 0 Å². The molecule has 0 radical (unpaired) electrons. The topological polar surface area (TPSA) is 65.4 Å². The lowest BCUT2D eigenvalue weighted by molar-refractivity contribution is -0.120. The quantitative estimate of drug-likeness (QED) is 0.667.